The number of halogens is 1. The van der Waals surface area contributed by atoms with Crippen LogP contribution in [0.25, 0.3) is 10.9 Å². The van der Waals surface area contributed by atoms with E-state index in [0.29, 0.717) is 33.8 Å². The summed E-state index contributed by atoms with van der Waals surface area (Å²) in [4.78, 5) is 96.6. The number of nitrogens with one attached hydrogen (secondary N) is 7. The Balaban J connectivity index is 2.07. The third-order valence-electron chi connectivity index (χ3n) is 9.06. The number of aliphatic hydroxyl groups excluding tert-OH is 1. The molecule has 0 radical (unpaired) electrons. The van der Waals surface area contributed by atoms with Crippen molar-refractivity contribution in [3.8, 4) is 0 Å². The highest BCUT2D eigenvalue weighted by Crippen LogP contribution is 2.24. The number of hydrogen-bond donors (Lipinski definition) is 10. The SMILES string of the molecule is CC(C)CCC[C@@H]1NC(=O)CNC(=O)[C@@H](Cc2c[nH]c3ccc(Cl)cc23)NC(=O)[C@@H]([C@H](O)CC(=O)O)NC(=O)[C@@H](CCCN)NC(=O)[C@@H](C(C)C)NC1=O. The van der Waals surface area contributed by atoms with E-state index in [1.165, 1.54) is 0 Å². The Morgan fingerprint density at radius 2 is 1.44 bits per heavy atom. The molecular weight excluding hydrogens is 724 g/mol. The van der Waals surface area contributed by atoms with Crippen LogP contribution >= 0.6 is 11.6 Å². The number of aromatic nitrogens is 1. The number of aromatic amines is 1. The molecule has 3 rings (SSSR count). The number of aliphatic hydroxyl groups is 1. The minimum absolute atomic E-state index is 0.0156. The molecule has 0 aliphatic carbocycles. The Bertz CT molecular complexity index is 1670. The summed E-state index contributed by atoms with van der Waals surface area (Å²) in [5, 5.41) is 36.7. The molecule has 1 saturated heterocycles. The molecular formula is C36H53ClN8O9. The van der Waals surface area contributed by atoms with Crippen LogP contribution in [-0.2, 0) is 40.0 Å². The number of fused-ring (bicyclic) bond motifs is 1. The van der Waals surface area contributed by atoms with Gasteiger partial charge in [-0.15, -0.1) is 0 Å². The average Bonchev–Trinajstić information content (AvgIpc) is 3.49. The molecule has 1 aliphatic heterocycles. The molecule has 1 aromatic carbocycles. The first-order valence-electron chi connectivity index (χ1n) is 18.1. The van der Waals surface area contributed by atoms with Gasteiger partial charge >= 0.3 is 5.97 Å². The molecule has 6 amide bonds. The predicted octanol–water partition coefficient (Wildman–Crippen LogP) is -0.0256. The van der Waals surface area contributed by atoms with Gasteiger partial charge in [0, 0.05) is 28.5 Å². The highest BCUT2D eigenvalue weighted by molar-refractivity contribution is 6.31. The summed E-state index contributed by atoms with van der Waals surface area (Å²) in [5.74, 6) is -6.62. The van der Waals surface area contributed by atoms with Gasteiger partial charge in [0.15, 0.2) is 0 Å². The largest absolute Gasteiger partial charge is 0.481 e. The lowest BCUT2D eigenvalue weighted by molar-refractivity contribution is -0.142. The van der Waals surface area contributed by atoms with Crippen LogP contribution in [-0.4, -0.2) is 106 Å². The molecule has 1 aliphatic rings. The number of H-pyrrole nitrogens is 1. The number of benzene rings is 1. The smallest absolute Gasteiger partial charge is 0.306 e. The highest BCUT2D eigenvalue weighted by atomic mass is 35.5. The summed E-state index contributed by atoms with van der Waals surface area (Å²) in [5.41, 5.74) is 6.91. The zero-order valence-electron chi connectivity index (χ0n) is 31.0. The fourth-order valence-electron chi connectivity index (χ4n) is 6.07. The van der Waals surface area contributed by atoms with E-state index in [4.69, 9.17) is 17.3 Å². The number of rotatable bonds is 13. The van der Waals surface area contributed by atoms with Crippen LogP contribution in [0.2, 0.25) is 5.02 Å². The van der Waals surface area contributed by atoms with E-state index in [1.807, 2.05) is 13.8 Å². The molecule has 54 heavy (non-hydrogen) atoms. The Hall–Kier alpha value is -4.74. The lowest BCUT2D eigenvalue weighted by Crippen LogP contribution is -2.63. The standard InChI is InChI=1S/C36H53ClN8O9/c1-18(2)7-5-8-24-33(51)44-30(19(3)4)35(53)42-25(9-6-12-38)34(52)45-31(27(46)15-29(48)49)36(54)43-26(32(50)40-17-28(47)41-24)13-20-16-39-23-11-10-21(37)14-22(20)23/h10-11,14,16,18-19,24-27,30-31,39,46H,5-9,12-13,15,17,38H2,1-4H3,(H,40,50)(H,41,47)(H,42,53)(H,43,54)(H,44,51)(H,45,52)(H,48,49)/t24-,25+,26+,27+,30+,31+/m0/s1. The fourth-order valence-corrected chi connectivity index (χ4v) is 6.25. The summed E-state index contributed by atoms with van der Waals surface area (Å²) in [6.07, 6.45) is 0.290. The van der Waals surface area contributed by atoms with Crippen molar-refractivity contribution >= 4 is 63.9 Å². The van der Waals surface area contributed by atoms with Crippen LogP contribution in [0.15, 0.2) is 24.4 Å². The van der Waals surface area contributed by atoms with Gasteiger partial charge in [-0.05, 0) is 61.4 Å². The summed E-state index contributed by atoms with van der Waals surface area (Å²) in [6, 6.07) is -1.86. The molecule has 0 saturated carbocycles. The summed E-state index contributed by atoms with van der Waals surface area (Å²) < 4.78 is 0. The molecule has 11 N–H and O–H groups in total. The number of carboxylic acid groups (broad SMARTS) is 1. The number of hydrogen-bond acceptors (Lipinski definition) is 9. The van der Waals surface area contributed by atoms with Gasteiger partial charge in [0.25, 0.3) is 0 Å². The van der Waals surface area contributed by atoms with E-state index in [1.54, 1.807) is 38.2 Å². The second kappa shape index (κ2) is 20.6. The molecule has 1 fully saturated rings. The average molecular weight is 777 g/mol. The van der Waals surface area contributed by atoms with Gasteiger partial charge in [0.2, 0.25) is 35.4 Å². The van der Waals surface area contributed by atoms with E-state index in [-0.39, 0.29) is 32.2 Å². The normalized spacial score (nSPS) is 23.1. The van der Waals surface area contributed by atoms with Gasteiger partial charge in [0.1, 0.15) is 30.2 Å². The van der Waals surface area contributed by atoms with Crippen molar-refractivity contribution in [2.45, 2.75) is 109 Å². The van der Waals surface area contributed by atoms with Gasteiger partial charge < -0.3 is 52.8 Å². The van der Waals surface area contributed by atoms with Crippen LogP contribution in [0.5, 0.6) is 0 Å². The van der Waals surface area contributed by atoms with Crippen LogP contribution in [0.4, 0.5) is 0 Å². The van der Waals surface area contributed by atoms with Crippen molar-refractivity contribution in [2.75, 3.05) is 13.1 Å². The van der Waals surface area contributed by atoms with E-state index >= 15 is 0 Å². The molecule has 2 aromatic rings. The fraction of sp³-hybridized carbons (Fsp3) is 0.583. The molecule has 0 bridgehead atoms. The van der Waals surface area contributed by atoms with Crippen LogP contribution in [0.3, 0.4) is 0 Å². The molecule has 18 heteroatoms. The minimum Gasteiger partial charge on any atom is -0.481 e. The molecule has 0 unspecified atom stereocenters. The van der Waals surface area contributed by atoms with E-state index in [0.717, 1.165) is 6.42 Å². The Morgan fingerprint density at radius 1 is 0.833 bits per heavy atom. The second-order valence-corrected chi connectivity index (χ2v) is 14.7. The van der Waals surface area contributed by atoms with E-state index in [9.17, 15) is 43.8 Å². The zero-order chi connectivity index (χ0) is 40.1. The van der Waals surface area contributed by atoms with E-state index in [2.05, 4.69) is 36.9 Å². The maximum absolute atomic E-state index is 13.9. The Morgan fingerprint density at radius 3 is 2.07 bits per heavy atom. The van der Waals surface area contributed by atoms with Crippen LogP contribution in [0, 0.1) is 11.8 Å². The number of amides is 6. The number of carbonyl (C=O) groups is 7. The predicted molar refractivity (Wildman–Crippen MR) is 200 cm³/mol. The quantitative estimate of drug-likeness (QED) is 0.130. The number of aliphatic carboxylic acids is 1. The Labute approximate surface area is 318 Å². The van der Waals surface area contributed by atoms with Crippen molar-refractivity contribution in [1.29, 1.82) is 0 Å². The maximum atomic E-state index is 13.9. The molecule has 6 atom stereocenters. The molecule has 298 valence electrons. The van der Waals surface area contributed by atoms with Crippen molar-refractivity contribution < 1.29 is 43.8 Å². The van der Waals surface area contributed by atoms with Gasteiger partial charge in [-0.3, -0.25) is 33.6 Å². The Kier molecular flexibility index (Phi) is 16.7. The third kappa shape index (κ3) is 13.0. The molecule has 1 aromatic heterocycles. The van der Waals surface area contributed by atoms with Gasteiger partial charge in [-0.1, -0.05) is 52.1 Å². The summed E-state index contributed by atoms with van der Waals surface area (Å²) in [6.45, 7) is 6.92. The first-order chi connectivity index (χ1) is 25.5. The van der Waals surface area contributed by atoms with Gasteiger partial charge in [-0.25, -0.2) is 0 Å². The molecule has 2 heterocycles. The third-order valence-corrected chi connectivity index (χ3v) is 9.30. The summed E-state index contributed by atoms with van der Waals surface area (Å²) in [7, 11) is 0. The lowest BCUT2D eigenvalue weighted by atomic mass is 9.99. The first-order valence-corrected chi connectivity index (χ1v) is 18.5. The van der Waals surface area contributed by atoms with Gasteiger partial charge in [0.05, 0.1) is 19.1 Å². The van der Waals surface area contributed by atoms with Crippen LogP contribution in [0.1, 0.15) is 71.8 Å². The van der Waals surface area contributed by atoms with Crippen molar-refractivity contribution in [1.82, 2.24) is 36.9 Å². The van der Waals surface area contributed by atoms with Crippen molar-refractivity contribution in [3.05, 3.63) is 35.0 Å². The first kappa shape index (κ1) is 43.7. The lowest BCUT2D eigenvalue weighted by Gasteiger charge is -2.30. The summed E-state index contributed by atoms with van der Waals surface area (Å²) >= 11 is 6.22. The van der Waals surface area contributed by atoms with Gasteiger partial charge in [-0.2, -0.15) is 0 Å². The maximum Gasteiger partial charge on any atom is 0.306 e. The van der Waals surface area contributed by atoms with E-state index < -0.39 is 96.6 Å². The number of nitrogens with two attached hydrogens (primary N) is 1. The van der Waals surface area contributed by atoms with Crippen molar-refractivity contribution in [2.24, 2.45) is 17.6 Å². The number of carbonyl (C=O) groups excluding carboxylic acids is 6. The number of carboxylic acids is 1. The minimum atomic E-state index is -1.97. The van der Waals surface area contributed by atoms with Crippen molar-refractivity contribution in [3.63, 3.8) is 0 Å². The topological polar surface area (TPSA) is 274 Å². The molecule has 17 nitrogen and oxygen atoms in total. The highest BCUT2D eigenvalue weighted by Gasteiger charge is 2.37. The monoisotopic (exact) mass is 776 g/mol. The zero-order valence-corrected chi connectivity index (χ0v) is 31.8. The second-order valence-electron chi connectivity index (χ2n) is 14.3. The molecule has 0 spiro atoms. The van der Waals surface area contributed by atoms with Crippen LogP contribution < -0.4 is 37.6 Å².